The minimum Gasteiger partial charge on any atom is -0.494 e. The van der Waals surface area contributed by atoms with Crippen LogP contribution in [0.1, 0.15) is 19.8 Å². The molecule has 1 amide bonds. The summed E-state index contributed by atoms with van der Waals surface area (Å²) in [5.74, 6) is 0.201. The molecule has 0 atom stereocenters. The highest BCUT2D eigenvalue weighted by molar-refractivity contribution is 7.95. The Hall–Kier alpha value is -2.54. The van der Waals surface area contributed by atoms with E-state index in [-0.39, 0.29) is 0 Å². The van der Waals surface area contributed by atoms with Gasteiger partial charge >= 0.3 is 0 Å². The molecule has 0 radical (unpaired) electrons. The van der Waals surface area contributed by atoms with E-state index in [0.717, 1.165) is 0 Å². The normalized spacial score (nSPS) is 15.2. The summed E-state index contributed by atoms with van der Waals surface area (Å²) in [6.45, 7) is 2.44. The largest absolute Gasteiger partial charge is 0.494 e. The Balaban J connectivity index is 1.78. The number of hydrogen-bond acceptors (Lipinski definition) is 4. The summed E-state index contributed by atoms with van der Waals surface area (Å²) >= 11 is 0. The summed E-state index contributed by atoms with van der Waals surface area (Å²) < 4.78 is 31.2. The van der Waals surface area contributed by atoms with Crippen LogP contribution in [0.4, 0.5) is 11.4 Å². The van der Waals surface area contributed by atoms with Crippen LogP contribution in [0.15, 0.2) is 54.6 Å². The molecule has 1 aliphatic rings. The Morgan fingerprint density at radius 3 is 2.27 bits per heavy atom. The molecule has 1 fully saturated rings. The summed E-state index contributed by atoms with van der Waals surface area (Å²) in [5.41, 5.74) is 1.08. The van der Waals surface area contributed by atoms with Crippen molar-refractivity contribution in [1.29, 1.82) is 0 Å². The number of ether oxygens (including phenoxy) is 1. The Morgan fingerprint density at radius 2 is 1.73 bits per heavy atom. The molecule has 1 N–H and O–H groups in total. The van der Waals surface area contributed by atoms with Crippen molar-refractivity contribution in [3.05, 3.63) is 54.6 Å². The maximum Gasteiger partial charge on any atom is 0.249 e. The number of carbonyl (C=O) groups excluding carboxylic acids is 1. The minimum absolute atomic E-state index is 0.315. The number of amides is 1. The van der Waals surface area contributed by atoms with Crippen LogP contribution in [-0.2, 0) is 14.8 Å². The molecule has 0 heterocycles. The highest BCUT2D eigenvalue weighted by Gasteiger charge is 2.62. The molecule has 0 aliphatic heterocycles. The molecule has 7 heteroatoms. The fraction of sp³-hybridized carbons (Fsp3) is 0.316. The van der Waals surface area contributed by atoms with Crippen LogP contribution in [0.5, 0.6) is 5.75 Å². The highest BCUT2D eigenvalue weighted by Crippen LogP contribution is 2.46. The van der Waals surface area contributed by atoms with E-state index in [2.05, 4.69) is 5.32 Å². The van der Waals surface area contributed by atoms with Crippen LogP contribution in [0.25, 0.3) is 0 Å². The zero-order valence-corrected chi connectivity index (χ0v) is 15.6. The van der Waals surface area contributed by atoms with Crippen LogP contribution in [0.2, 0.25) is 0 Å². The number of nitrogens with zero attached hydrogens (tertiary/aromatic N) is 1. The van der Waals surface area contributed by atoms with Crippen molar-refractivity contribution >= 4 is 27.3 Å². The van der Waals surface area contributed by atoms with Crippen LogP contribution in [0.3, 0.4) is 0 Å². The van der Waals surface area contributed by atoms with Crippen molar-refractivity contribution in [2.45, 2.75) is 24.5 Å². The third-order valence-corrected chi connectivity index (χ3v) is 7.03. The van der Waals surface area contributed by atoms with Gasteiger partial charge in [-0.2, -0.15) is 0 Å². The van der Waals surface area contributed by atoms with Gasteiger partial charge in [-0.05, 0) is 56.2 Å². The lowest BCUT2D eigenvalue weighted by Gasteiger charge is -2.25. The SMILES string of the molecule is CCOc1ccc(NC(=O)C2(S(=O)(=O)N(C)c3ccccc3)CC2)cc1. The first-order valence-electron chi connectivity index (χ1n) is 8.48. The van der Waals surface area contributed by atoms with Crippen molar-refractivity contribution in [1.82, 2.24) is 0 Å². The van der Waals surface area contributed by atoms with Crippen LogP contribution >= 0.6 is 0 Å². The maximum atomic E-state index is 13.0. The number of para-hydroxylation sites is 1. The van der Waals surface area contributed by atoms with E-state index in [1.165, 1.54) is 11.4 Å². The van der Waals surface area contributed by atoms with Crippen molar-refractivity contribution < 1.29 is 17.9 Å². The average Bonchev–Trinajstić information content (AvgIpc) is 3.46. The second-order valence-electron chi connectivity index (χ2n) is 6.21. The van der Waals surface area contributed by atoms with Gasteiger partial charge in [-0.15, -0.1) is 0 Å². The highest BCUT2D eigenvalue weighted by atomic mass is 32.2. The van der Waals surface area contributed by atoms with E-state index in [0.29, 0.717) is 36.6 Å². The summed E-state index contributed by atoms with van der Waals surface area (Å²) in [6, 6.07) is 15.6. The molecule has 1 aliphatic carbocycles. The van der Waals surface area contributed by atoms with Crippen LogP contribution in [0, 0.1) is 0 Å². The van der Waals surface area contributed by atoms with Gasteiger partial charge in [0.05, 0.1) is 12.3 Å². The molecular weight excluding hydrogens is 352 g/mol. The lowest BCUT2D eigenvalue weighted by Crippen LogP contribution is -2.45. The fourth-order valence-corrected chi connectivity index (χ4v) is 4.63. The molecule has 2 aromatic rings. The number of carbonyl (C=O) groups is 1. The number of anilines is 2. The quantitative estimate of drug-likeness (QED) is 0.808. The van der Waals surface area contributed by atoms with Gasteiger partial charge in [0.2, 0.25) is 15.9 Å². The first-order valence-corrected chi connectivity index (χ1v) is 9.92. The molecule has 0 spiro atoms. The van der Waals surface area contributed by atoms with E-state index in [4.69, 9.17) is 4.74 Å². The van der Waals surface area contributed by atoms with E-state index in [9.17, 15) is 13.2 Å². The molecular formula is C19H22N2O4S. The van der Waals surface area contributed by atoms with Gasteiger partial charge in [-0.25, -0.2) is 8.42 Å². The van der Waals surface area contributed by atoms with Gasteiger partial charge in [0, 0.05) is 12.7 Å². The predicted molar refractivity (Wildman–Crippen MR) is 102 cm³/mol. The van der Waals surface area contributed by atoms with Crippen molar-refractivity contribution in [3.63, 3.8) is 0 Å². The van der Waals surface area contributed by atoms with Crippen molar-refractivity contribution in [3.8, 4) is 5.75 Å². The Labute approximate surface area is 153 Å². The molecule has 0 aromatic heterocycles. The molecule has 1 saturated carbocycles. The molecule has 26 heavy (non-hydrogen) atoms. The fourth-order valence-electron chi connectivity index (χ4n) is 2.80. The molecule has 0 unspecified atom stereocenters. The molecule has 2 aromatic carbocycles. The summed E-state index contributed by atoms with van der Waals surface area (Å²) in [4.78, 5) is 12.7. The summed E-state index contributed by atoms with van der Waals surface area (Å²) in [5, 5.41) is 2.73. The molecule has 0 bridgehead atoms. The van der Waals surface area contributed by atoms with Crippen molar-refractivity contribution in [2.24, 2.45) is 0 Å². The topological polar surface area (TPSA) is 75.7 Å². The van der Waals surface area contributed by atoms with Gasteiger partial charge < -0.3 is 10.1 Å². The monoisotopic (exact) mass is 374 g/mol. The summed E-state index contributed by atoms with van der Waals surface area (Å²) in [6.07, 6.45) is 0.630. The third kappa shape index (κ3) is 3.26. The number of nitrogens with one attached hydrogen (secondary N) is 1. The smallest absolute Gasteiger partial charge is 0.249 e. The van der Waals surface area contributed by atoms with E-state index < -0.39 is 20.7 Å². The second kappa shape index (κ2) is 6.99. The van der Waals surface area contributed by atoms with Gasteiger partial charge in [0.25, 0.3) is 0 Å². The van der Waals surface area contributed by atoms with Gasteiger partial charge in [-0.3, -0.25) is 9.10 Å². The first-order chi connectivity index (χ1) is 12.4. The van der Waals surface area contributed by atoms with E-state index >= 15 is 0 Å². The van der Waals surface area contributed by atoms with Crippen LogP contribution < -0.4 is 14.4 Å². The molecule has 138 valence electrons. The Bertz CT molecular complexity index is 876. The zero-order chi connectivity index (χ0) is 18.8. The van der Waals surface area contributed by atoms with Gasteiger partial charge in [0.15, 0.2) is 4.75 Å². The molecule has 6 nitrogen and oxygen atoms in total. The van der Waals surface area contributed by atoms with Crippen molar-refractivity contribution in [2.75, 3.05) is 23.3 Å². The maximum absolute atomic E-state index is 13.0. The number of rotatable bonds is 7. The second-order valence-corrected chi connectivity index (χ2v) is 8.49. The van der Waals surface area contributed by atoms with Gasteiger partial charge in [-0.1, -0.05) is 18.2 Å². The predicted octanol–water partition coefficient (Wildman–Crippen LogP) is 3.02. The van der Waals surface area contributed by atoms with Crippen LogP contribution in [-0.4, -0.2) is 32.7 Å². The minimum atomic E-state index is -3.82. The average molecular weight is 374 g/mol. The Morgan fingerprint density at radius 1 is 1.12 bits per heavy atom. The molecule has 3 rings (SSSR count). The summed E-state index contributed by atoms with van der Waals surface area (Å²) in [7, 11) is -2.34. The number of sulfonamides is 1. The number of benzene rings is 2. The molecule has 0 saturated heterocycles. The first kappa shape index (κ1) is 18.3. The third-order valence-electron chi connectivity index (χ3n) is 4.52. The Kier molecular flexibility index (Phi) is 4.91. The lowest BCUT2D eigenvalue weighted by atomic mass is 10.3. The van der Waals surface area contributed by atoms with E-state index in [1.54, 1.807) is 48.5 Å². The van der Waals surface area contributed by atoms with Gasteiger partial charge in [0.1, 0.15) is 5.75 Å². The number of hydrogen-bond donors (Lipinski definition) is 1. The zero-order valence-electron chi connectivity index (χ0n) is 14.8. The van der Waals surface area contributed by atoms with E-state index in [1.807, 2.05) is 13.0 Å². The lowest BCUT2D eigenvalue weighted by molar-refractivity contribution is -0.116. The standard InChI is InChI=1S/C19H22N2O4S/c1-3-25-17-11-9-15(10-12-17)20-18(22)19(13-14-19)26(23,24)21(2)16-7-5-4-6-8-16/h4-12H,3,13-14H2,1-2H3,(H,20,22).